The van der Waals surface area contributed by atoms with Gasteiger partial charge in [0, 0.05) is 18.2 Å². The predicted molar refractivity (Wildman–Crippen MR) is 132 cm³/mol. The Bertz CT molecular complexity index is 1110. The number of nitrogens with zero attached hydrogens (tertiary/aromatic N) is 2. The quantitative estimate of drug-likeness (QED) is 0.484. The summed E-state index contributed by atoms with van der Waals surface area (Å²) >= 11 is 13.5. The molecule has 3 amide bonds. The second-order valence-electron chi connectivity index (χ2n) is 7.93. The van der Waals surface area contributed by atoms with Crippen molar-refractivity contribution in [1.29, 1.82) is 0 Å². The Morgan fingerprint density at radius 1 is 1.26 bits per heavy atom. The van der Waals surface area contributed by atoms with Crippen LogP contribution in [0.25, 0.3) is 0 Å². The van der Waals surface area contributed by atoms with Crippen molar-refractivity contribution in [3.05, 3.63) is 52.3 Å². The van der Waals surface area contributed by atoms with E-state index in [2.05, 4.69) is 11.9 Å². The minimum Gasteiger partial charge on any atom is -0.442 e. The normalized spacial score (nSPS) is 20.3. The molecule has 3 heterocycles. The van der Waals surface area contributed by atoms with Crippen LogP contribution >= 0.6 is 34.5 Å². The minimum atomic E-state index is -0.665. The highest BCUT2D eigenvalue weighted by atomic mass is 35.5. The van der Waals surface area contributed by atoms with Crippen LogP contribution in [0.4, 0.5) is 21.0 Å². The molecule has 1 N–H and O–H groups in total. The Labute approximate surface area is 211 Å². The number of carbonyl (C=O) groups is 3. The lowest BCUT2D eigenvalue weighted by atomic mass is 9.93. The number of nitrogens with one attached hydrogen (secondary N) is 1. The molecule has 0 aliphatic carbocycles. The summed E-state index contributed by atoms with van der Waals surface area (Å²) in [6, 6.07) is 8.34. The third-order valence-corrected chi connectivity index (χ3v) is 7.04. The Morgan fingerprint density at radius 2 is 2.09 bits per heavy atom. The topological polar surface area (TPSA) is 88.2 Å². The van der Waals surface area contributed by atoms with Gasteiger partial charge >= 0.3 is 12.2 Å². The summed E-state index contributed by atoms with van der Waals surface area (Å²) in [5.41, 5.74) is 1.16. The summed E-state index contributed by atoms with van der Waals surface area (Å²) in [4.78, 5) is 40.3. The number of rotatable bonds is 7. The average molecular weight is 524 g/mol. The van der Waals surface area contributed by atoms with Crippen molar-refractivity contribution in [2.45, 2.75) is 25.4 Å². The van der Waals surface area contributed by atoms with Gasteiger partial charge in [0.25, 0.3) is 0 Å². The molecular weight excluding hydrogens is 501 g/mol. The molecule has 0 radical (unpaired) electrons. The maximum Gasteiger partial charge on any atom is 0.414 e. The Kier molecular flexibility index (Phi) is 7.65. The maximum absolute atomic E-state index is 12.8. The zero-order valence-electron chi connectivity index (χ0n) is 18.2. The summed E-state index contributed by atoms with van der Waals surface area (Å²) < 4.78 is 11.0. The number of halogens is 2. The van der Waals surface area contributed by atoms with Crippen LogP contribution in [0.3, 0.4) is 0 Å². The first-order valence-electron chi connectivity index (χ1n) is 10.8. The highest BCUT2D eigenvalue weighted by Crippen LogP contribution is 2.35. The third-order valence-electron chi connectivity index (χ3n) is 5.62. The van der Waals surface area contributed by atoms with E-state index in [-0.39, 0.29) is 24.9 Å². The number of cyclic esters (lactones) is 1. The maximum atomic E-state index is 12.8. The minimum absolute atomic E-state index is 0.0317. The number of piperidine rings is 1. The van der Waals surface area contributed by atoms with Gasteiger partial charge < -0.3 is 19.7 Å². The lowest BCUT2D eigenvalue weighted by Gasteiger charge is -2.32. The fourth-order valence-corrected chi connectivity index (χ4v) is 5.16. The van der Waals surface area contributed by atoms with E-state index in [1.807, 2.05) is 0 Å². The molecule has 1 aromatic heterocycles. The van der Waals surface area contributed by atoms with Gasteiger partial charge in [-0.1, -0.05) is 40.6 Å². The van der Waals surface area contributed by atoms with Crippen molar-refractivity contribution in [3.63, 3.8) is 0 Å². The molecule has 2 aliphatic heterocycles. The van der Waals surface area contributed by atoms with Crippen molar-refractivity contribution in [2.24, 2.45) is 5.92 Å². The molecule has 180 valence electrons. The van der Waals surface area contributed by atoms with E-state index in [1.165, 1.54) is 4.90 Å². The van der Waals surface area contributed by atoms with Gasteiger partial charge in [0.1, 0.15) is 6.10 Å². The lowest BCUT2D eigenvalue weighted by molar-refractivity contribution is -0.123. The third kappa shape index (κ3) is 5.48. The Hall–Kier alpha value is -2.75. The number of amides is 3. The van der Waals surface area contributed by atoms with Crippen LogP contribution in [0.1, 0.15) is 19.3 Å². The average Bonchev–Trinajstić information content (AvgIpc) is 3.39. The molecular formula is C23H23Cl2N3O5S. The van der Waals surface area contributed by atoms with E-state index < -0.39 is 18.3 Å². The van der Waals surface area contributed by atoms with Crippen molar-refractivity contribution in [3.8, 4) is 5.06 Å². The monoisotopic (exact) mass is 523 g/mol. The van der Waals surface area contributed by atoms with Gasteiger partial charge in [0.05, 0.1) is 28.1 Å². The number of anilines is 2. The second kappa shape index (κ2) is 10.7. The fourth-order valence-electron chi connectivity index (χ4n) is 4.01. The number of allylic oxidation sites excluding steroid dienone is 1. The largest absolute Gasteiger partial charge is 0.442 e. The molecule has 8 nitrogen and oxygen atoms in total. The summed E-state index contributed by atoms with van der Waals surface area (Å²) in [6.45, 7) is 4.64. The van der Waals surface area contributed by atoms with Gasteiger partial charge in [0.15, 0.2) is 5.06 Å². The number of ether oxygens (including phenoxy) is 2. The standard InChI is InChI=1S/C23H23Cl2N3O5S/c1-2-4-14-5-3-10-27(21(14)29)18-7-6-15(11-17(18)24)28-13-16(32-23(28)31)12-26-22(30)33-20-9-8-19(25)34-20/h2,6-9,11,14,16H,1,3-5,10,12-13H2,(H,26,30)/t14?,16-/m0/s1. The summed E-state index contributed by atoms with van der Waals surface area (Å²) in [7, 11) is 0. The molecule has 4 rings (SSSR count). The van der Waals surface area contributed by atoms with Crippen LogP contribution in [0.5, 0.6) is 5.06 Å². The number of benzene rings is 1. The fraction of sp³-hybridized carbons (Fsp3) is 0.348. The Morgan fingerprint density at radius 3 is 2.79 bits per heavy atom. The van der Waals surface area contributed by atoms with Crippen molar-refractivity contribution >= 4 is 64.0 Å². The zero-order chi connectivity index (χ0) is 24.2. The second-order valence-corrected chi connectivity index (χ2v) is 10.0. The Balaban J connectivity index is 1.36. The van der Waals surface area contributed by atoms with Crippen molar-refractivity contribution < 1.29 is 23.9 Å². The molecule has 2 aliphatic rings. The van der Waals surface area contributed by atoms with Gasteiger partial charge in [0.2, 0.25) is 5.91 Å². The first-order chi connectivity index (χ1) is 16.4. The van der Waals surface area contributed by atoms with E-state index in [0.717, 1.165) is 24.2 Å². The number of hydrogen-bond acceptors (Lipinski definition) is 6. The molecule has 2 atom stereocenters. The molecule has 1 aromatic carbocycles. The van der Waals surface area contributed by atoms with E-state index >= 15 is 0 Å². The van der Waals surface area contributed by atoms with E-state index in [0.29, 0.717) is 38.8 Å². The van der Waals surface area contributed by atoms with Crippen LogP contribution in [0.2, 0.25) is 9.36 Å². The molecule has 0 bridgehead atoms. The van der Waals surface area contributed by atoms with Crippen molar-refractivity contribution in [1.82, 2.24) is 5.32 Å². The lowest BCUT2D eigenvalue weighted by Crippen LogP contribution is -2.41. The molecule has 0 saturated carbocycles. The van der Waals surface area contributed by atoms with Crippen LogP contribution in [0, 0.1) is 5.92 Å². The van der Waals surface area contributed by atoms with Crippen molar-refractivity contribution in [2.75, 3.05) is 29.4 Å². The van der Waals surface area contributed by atoms with Crippen LogP contribution < -0.4 is 19.9 Å². The van der Waals surface area contributed by atoms with Gasteiger partial charge in [-0.25, -0.2) is 9.59 Å². The van der Waals surface area contributed by atoms with Crippen LogP contribution in [-0.2, 0) is 9.53 Å². The number of carbonyl (C=O) groups excluding carboxylic acids is 3. The van der Waals surface area contributed by atoms with Crippen LogP contribution in [0.15, 0.2) is 43.0 Å². The number of thiophene rings is 1. The first-order valence-corrected chi connectivity index (χ1v) is 12.3. The smallest absolute Gasteiger partial charge is 0.414 e. The molecule has 11 heteroatoms. The molecule has 34 heavy (non-hydrogen) atoms. The predicted octanol–water partition coefficient (Wildman–Crippen LogP) is 5.49. The molecule has 1 unspecified atom stereocenters. The van der Waals surface area contributed by atoms with Gasteiger partial charge in [-0.05, 0) is 49.6 Å². The van der Waals surface area contributed by atoms with Gasteiger partial charge in [-0.3, -0.25) is 9.69 Å². The molecule has 2 saturated heterocycles. The zero-order valence-corrected chi connectivity index (χ0v) is 20.5. The number of hydrogen-bond donors (Lipinski definition) is 1. The molecule has 2 aromatic rings. The summed E-state index contributed by atoms with van der Waals surface area (Å²) in [5, 5.41) is 3.32. The van der Waals surface area contributed by atoms with Gasteiger partial charge in [-0.2, -0.15) is 0 Å². The van der Waals surface area contributed by atoms with E-state index in [4.69, 9.17) is 32.7 Å². The highest BCUT2D eigenvalue weighted by molar-refractivity contribution is 7.17. The SMILES string of the molecule is C=CCC1CCCN(c2ccc(N3C[C@H](CNC(=O)Oc4ccc(Cl)s4)OC3=O)cc2Cl)C1=O. The molecule has 0 spiro atoms. The first kappa shape index (κ1) is 24.4. The van der Waals surface area contributed by atoms with Crippen LogP contribution in [-0.4, -0.2) is 43.8 Å². The van der Waals surface area contributed by atoms with E-state index in [1.54, 1.807) is 41.3 Å². The summed E-state index contributed by atoms with van der Waals surface area (Å²) in [6.07, 6.45) is 2.34. The van der Waals surface area contributed by atoms with Gasteiger partial charge in [-0.15, -0.1) is 6.58 Å². The molecule has 2 fully saturated rings. The highest BCUT2D eigenvalue weighted by Gasteiger charge is 2.34. The summed E-state index contributed by atoms with van der Waals surface area (Å²) in [5.74, 6) is -0.0588. The van der Waals surface area contributed by atoms with E-state index in [9.17, 15) is 14.4 Å².